The number of esters is 1. The Bertz CT molecular complexity index is 1770. The van der Waals surface area contributed by atoms with Gasteiger partial charge in [-0.15, -0.1) is 0 Å². The first-order valence-corrected chi connectivity index (χ1v) is 21.2. The fourth-order valence-corrected chi connectivity index (χ4v) is 13.6. The van der Waals surface area contributed by atoms with Crippen molar-refractivity contribution in [3.05, 3.63) is 46.0 Å². The number of Topliss-reactive ketones (excluding diaryl/α,β-unsaturated/α-hetero) is 1. The number of benzene rings is 1. The molecule has 1 amide bonds. The van der Waals surface area contributed by atoms with Crippen LogP contribution in [0.2, 0.25) is 5.02 Å². The van der Waals surface area contributed by atoms with Crippen molar-refractivity contribution < 1.29 is 34.1 Å². The Labute approximate surface area is 334 Å². The fourth-order valence-electron chi connectivity index (χ4n) is 13.4. The van der Waals surface area contributed by atoms with Crippen LogP contribution in [0, 0.1) is 56.2 Å². The third kappa shape index (κ3) is 6.61. The van der Waals surface area contributed by atoms with Gasteiger partial charge in [0.05, 0.1) is 17.9 Å². The average Bonchev–Trinajstić information content (AvgIpc) is 3.40. The van der Waals surface area contributed by atoms with Crippen LogP contribution in [0.5, 0.6) is 0 Å². The molecular weight excluding hydrogens is 714 g/mol. The SMILES string of the molecule is CC(=O)N(Cc1ccccc1Cl)CC(O)C12CC[C@]3(C)[C@H](CC[C@@H]4[C@@]5(C)CC[C@H](OC(=O)CC(C)(C)C(=O)O)C(C)(C)[C@H]5CC[C@]43C)C1=C(C(C)C)C(=O)C2. The molecule has 0 radical (unpaired) electrons. The number of nitrogens with zero attached hydrogens (tertiary/aromatic N) is 1. The number of amides is 1. The van der Waals surface area contributed by atoms with Gasteiger partial charge in [-0.05, 0) is 122 Å². The van der Waals surface area contributed by atoms with E-state index >= 15 is 0 Å². The van der Waals surface area contributed by atoms with Crippen LogP contribution < -0.4 is 0 Å². The molecule has 0 aromatic heterocycles. The lowest BCUT2D eigenvalue weighted by Gasteiger charge is -2.72. The van der Waals surface area contributed by atoms with E-state index < -0.39 is 28.9 Å². The second-order valence-corrected chi connectivity index (χ2v) is 21.0. The molecule has 1 aromatic rings. The first kappa shape index (κ1) is 41.9. The minimum Gasteiger partial charge on any atom is -0.481 e. The summed E-state index contributed by atoms with van der Waals surface area (Å²) in [5, 5.41) is 22.6. The number of carboxylic acid groups (broad SMARTS) is 1. The van der Waals surface area contributed by atoms with Crippen molar-refractivity contribution in [1.82, 2.24) is 4.90 Å². The highest BCUT2D eigenvalue weighted by Crippen LogP contribution is 2.77. The lowest BCUT2D eigenvalue weighted by molar-refractivity contribution is -0.235. The zero-order chi connectivity index (χ0) is 40.7. The Kier molecular flexibility index (Phi) is 10.9. The van der Waals surface area contributed by atoms with Crippen molar-refractivity contribution in [2.24, 2.45) is 56.2 Å². The number of halogens is 1. The molecule has 2 unspecified atom stereocenters. The van der Waals surface area contributed by atoms with Crippen LogP contribution in [0.4, 0.5) is 0 Å². The number of aliphatic hydroxyl groups is 1. The molecule has 304 valence electrons. The summed E-state index contributed by atoms with van der Waals surface area (Å²) in [6.07, 6.45) is 6.28. The third-order valence-electron chi connectivity index (χ3n) is 16.7. The number of aliphatic hydroxyl groups excluding tert-OH is 1. The van der Waals surface area contributed by atoms with Crippen LogP contribution in [0.1, 0.15) is 139 Å². The summed E-state index contributed by atoms with van der Waals surface area (Å²) in [5.41, 5.74) is 0.654. The summed E-state index contributed by atoms with van der Waals surface area (Å²) in [4.78, 5) is 53.8. The first-order chi connectivity index (χ1) is 25.5. The maximum absolute atomic E-state index is 14.2. The van der Waals surface area contributed by atoms with Gasteiger partial charge in [0.25, 0.3) is 0 Å². The van der Waals surface area contributed by atoms with E-state index in [4.69, 9.17) is 16.3 Å². The topological polar surface area (TPSA) is 121 Å². The number of ketones is 1. The maximum Gasteiger partial charge on any atom is 0.309 e. The summed E-state index contributed by atoms with van der Waals surface area (Å²) in [5.74, 6) is -0.481. The number of allylic oxidation sites excluding steroid dienone is 1. The van der Waals surface area contributed by atoms with Crippen LogP contribution >= 0.6 is 11.6 Å². The number of carboxylic acids is 1. The van der Waals surface area contributed by atoms with E-state index in [9.17, 15) is 29.4 Å². The largest absolute Gasteiger partial charge is 0.481 e. The van der Waals surface area contributed by atoms with E-state index in [1.165, 1.54) is 12.5 Å². The Balaban J connectivity index is 1.29. The van der Waals surface area contributed by atoms with Gasteiger partial charge in [0.15, 0.2) is 5.78 Å². The Morgan fingerprint density at radius 3 is 2.24 bits per heavy atom. The molecule has 2 N–H and O–H groups in total. The molecule has 9 heteroatoms. The molecule has 0 bridgehead atoms. The third-order valence-corrected chi connectivity index (χ3v) is 17.0. The number of hydrogen-bond donors (Lipinski definition) is 2. The molecule has 9 atom stereocenters. The standard InChI is InChI=1S/C46H66ClNO7/c1-27(2)38-32(50)23-46(35(51)26-48(28(3)49)25-29-13-11-12-14-31(29)47)22-21-44(9)30(39(38)46)15-16-34-43(8)19-18-36(55-37(52)24-41(4,5)40(53)54)42(6,7)33(43)17-20-45(34,44)10/h11-14,27,30,33-36,51H,15-26H2,1-10H3,(H,53,54)/t30-,33-,34-,35?,36+,43+,44-,45-,46?/m1/s1. The van der Waals surface area contributed by atoms with Gasteiger partial charge >= 0.3 is 11.9 Å². The van der Waals surface area contributed by atoms with Crippen LogP contribution in [-0.2, 0) is 30.5 Å². The normalized spacial score (nSPS) is 36.0. The highest BCUT2D eigenvalue weighted by atomic mass is 35.5. The summed E-state index contributed by atoms with van der Waals surface area (Å²) in [7, 11) is 0. The van der Waals surface area contributed by atoms with Gasteiger partial charge in [-0.2, -0.15) is 0 Å². The fraction of sp³-hybridized carbons (Fsp3) is 0.739. The lowest BCUT2D eigenvalue weighted by Crippen LogP contribution is -2.66. The summed E-state index contributed by atoms with van der Waals surface area (Å²) >= 11 is 6.51. The molecule has 1 aromatic carbocycles. The lowest BCUT2D eigenvalue weighted by atomic mass is 9.33. The van der Waals surface area contributed by atoms with Gasteiger partial charge in [0.1, 0.15) is 6.10 Å². The van der Waals surface area contributed by atoms with Crippen LogP contribution in [0.25, 0.3) is 0 Å². The first-order valence-electron chi connectivity index (χ1n) is 20.8. The van der Waals surface area contributed by atoms with E-state index in [0.717, 1.165) is 56.1 Å². The molecule has 5 aliphatic carbocycles. The van der Waals surface area contributed by atoms with Crippen LogP contribution in [0.15, 0.2) is 35.4 Å². The van der Waals surface area contributed by atoms with Crippen molar-refractivity contribution >= 4 is 35.2 Å². The van der Waals surface area contributed by atoms with Gasteiger partial charge in [-0.3, -0.25) is 19.2 Å². The molecule has 5 aliphatic rings. The molecule has 8 nitrogen and oxygen atoms in total. The number of carbonyl (C=O) groups excluding carboxylic acids is 3. The highest BCUT2D eigenvalue weighted by Gasteiger charge is 2.71. The molecule has 6 rings (SSSR count). The van der Waals surface area contributed by atoms with E-state index in [0.29, 0.717) is 36.2 Å². The maximum atomic E-state index is 14.2. The second kappa shape index (κ2) is 14.3. The van der Waals surface area contributed by atoms with E-state index in [2.05, 4.69) is 48.5 Å². The predicted molar refractivity (Wildman–Crippen MR) is 214 cm³/mol. The number of fused-ring (bicyclic) bond motifs is 7. The molecule has 0 aliphatic heterocycles. The second-order valence-electron chi connectivity index (χ2n) is 20.6. The van der Waals surface area contributed by atoms with Crippen molar-refractivity contribution in [3.63, 3.8) is 0 Å². The molecule has 0 spiro atoms. The van der Waals surface area contributed by atoms with Crippen molar-refractivity contribution in [2.45, 2.75) is 152 Å². The quantitative estimate of drug-likeness (QED) is 0.227. The van der Waals surface area contributed by atoms with E-state index in [-0.39, 0.29) is 64.3 Å². The molecule has 4 saturated carbocycles. The van der Waals surface area contributed by atoms with Gasteiger partial charge in [0.2, 0.25) is 5.91 Å². The number of carbonyl (C=O) groups is 4. The smallest absolute Gasteiger partial charge is 0.309 e. The monoisotopic (exact) mass is 779 g/mol. The van der Waals surface area contributed by atoms with Crippen LogP contribution in [-0.4, -0.2) is 57.5 Å². The minimum atomic E-state index is -1.18. The minimum absolute atomic E-state index is 0.0143. The zero-order valence-corrected chi connectivity index (χ0v) is 35.8. The Hall–Kier alpha value is -2.71. The molecular formula is C46H66ClNO7. The zero-order valence-electron chi connectivity index (χ0n) is 35.0. The Morgan fingerprint density at radius 1 is 0.945 bits per heavy atom. The van der Waals surface area contributed by atoms with Gasteiger partial charge in [-0.1, -0.05) is 83.8 Å². The van der Waals surface area contributed by atoms with Gasteiger partial charge in [-0.25, -0.2) is 0 Å². The van der Waals surface area contributed by atoms with Gasteiger partial charge in [0, 0.05) is 42.3 Å². The van der Waals surface area contributed by atoms with Crippen molar-refractivity contribution in [1.29, 1.82) is 0 Å². The Morgan fingerprint density at radius 2 is 1.62 bits per heavy atom. The number of hydrogen-bond acceptors (Lipinski definition) is 6. The average molecular weight is 780 g/mol. The molecule has 4 fully saturated rings. The van der Waals surface area contributed by atoms with Crippen molar-refractivity contribution in [2.75, 3.05) is 6.54 Å². The summed E-state index contributed by atoms with van der Waals surface area (Å²) in [6.45, 7) is 21.3. The van der Waals surface area contributed by atoms with E-state index in [1.54, 1.807) is 18.7 Å². The number of rotatable bonds is 10. The van der Waals surface area contributed by atoms with Crippen LogP contribution in [0.3, 0.4) is 0 Å². The van der Waals surface area contributed by atoms with E-state index in [1.807, 2.05) is 24.3 Å². The number of aliphatic carboxylic acids is 1. The summed E-state index contributed by atoms with van der Waals surface area (Å²) in [6, 6.07) is 7.49. The molecule has 0 saturated heterocycles. The summed E-state index contributed by atoms with van der Waals surface area (Å²) < 4.78 is 6.16. The van der Waals surface area contributed by atoms with Crippen molar-refractivity contribution in [3.8, 4) is 0 Å². The highest BCUT2D eigenvalue weighted by molar-refractivity contribution is 6.31. The number of ether oxygens (including phenoxy) is 1. The molecule has 55 heavy (non-hydrogen) atoms. The van der Waals surface area contributed by atoms with Gasteiger partial charge < -0.3 is 19.8 Å². The predicted octanol–water partition coefficient (Wildman–Crippen LogP) is 9.44. The molecule has 0 heterocycles.